The smallest absolute Gasteiger partial charge is 0.228 e. The Hall–Kier alpha value is -1.06. The van der Waals surface area contributed by atoms with E-state index < -0.39 is 0 Å². The fraction of sp³-hybridized carbons (Fsp3) is 0.562. The van der Waals surface area contributed by atoms with Gasteiger partial charge in [-0.15, -0.1) is 0 Å². The average Bonchev–Trinajstić information content (AvgIpc) is 2.72. The van der Waals surface area contributed by atoms with Crippen LogP contribution in [0, 0.1) is 5.92 Å². The Morgan fingerprint density at radius 2 is 2.15 bits per heavy atom. The number of carbonyl (C=O) groups is 1. The number of halogens is 1. The third-order valence-electron chi connectivity index (χ3n) is 3.57. The Morgan fingerprint density at radius 3 is 2.80 bits per heavy atom. The number of hydrogen-bond donors (Lipinski definition) is 2. The third-order valence-corrected chi connectivity index (χ3v) is 3.90. The zero-order valence-corrected chi connectivity index (χ0v) is 13.2. The lowest BCUT2D eigenvalue weighted by atomic mass is 9.95. The number of fused-ring (bicyclic) bond motifs is 1. The largest absolute Gasteiger partial charge is 0.325 e. The fourth-order valence-electron chi connectivity index (χ4n) is 2.64. The van der Waals surface area contributed by atoms with E-state index in [4.69, 9.17) is 11.6 Å². The molecule has 1 aromatic rings. The van der Waals surface area contributed by atoms with E-state index >= 15 is 0 Å². The van der Waals surface area contributed by atoms with Crippen molar-refractivity contribution in [2.75, 3.05) is 11.9 Å². The minimum absolute atomic E-state index is 0.0511. The van der Waals surface area contributed by atoms with Gasteiger partial charge in [-0.3, -0.25) is 4.79 Å². The number of nitrogens with one attached hydrogen (secondary N) is 2. The topological polar surface area (TPSA) is 41.1 Å². The van der Waals surface area contributed by atoms with Gasteiger partial charge in [-0.2, -0.15) is 0 Å². The van der Waals surface area contributed by atoms with Gasteiger partial charge in [0.2, 0.25) is 5.91 Å². The highest BCUT2D eigenvalue weighted by Crippen LogP contribution is 2.34. The fourth-order valence-corrected chi connectivity index (χ4v) is 2.94. The van der Waals surface area contributed by atoms with Crippen LogP contribution in [0.2, 0.25) is 5.02 Å². The molecule has 2 N–H and O–H groups in total. The Balaban J connectivity index is 2.28. The molecule has 0 saturated carbocycles. The maximum atomic E-state index is 11.5. The number of anilines is 1. The molecule has 3 nitrogen and oxygen atoms in total. The van der Waals surface area contributed by atoms with Crippen molar-refractivity contribution in [1.82, 2.24) is 5.32 Å². The van der Waals surface area contributed by atoms with Crippen LogP contribution in [0.15, 0.2) is 12.1 Å². The van der Waals surface area contributed by atoms with Crippen molar-refractivity contribution in [3.8, 4) is 0 Å². The highest BCUT2D eigenvalue weighted by atomic mass is 35.5. The van der Waals surface area contributed by atoms with Gasteiger partial charge in [0, 0.05) is 16.8 Å². The monoisotopic (exact) mass is 294 g/mol. The summed E-state index contributed by atoms with van der Waals surface area (Å²) < 4.78 is 0. The minimum atomic E-state index is 0.0511. The molecule has 0 aromatic heterocycles. The number of carbonyl (C=O) groups excluding carboxylic acids is 1. The van der Waals surface area contributed by atoms with E-state index in [1.165, 1.54) is 0 Å². The van der Waals surface area contributed by atoms with Crippen LogP contribution in [0.3, 0.4) is 0 Å². The Kier molecular flexibility index (Phi) is 5.06. The zero-order valence-electron chi connectivity index (χ0n) is 12.4. The van der Waals surface area contributed by atoms with Gasteiger partial charge in [-0.05, 0) is 42.5 Å². The van der Waals surface area contributed by atoms with Crippen LogP contribution < -0.4 is 10.6 Å². The zero-order chi connectivity index (χ0) is 14.7. The lowest BCUT2D eigenvalue weighted by Gasteiger charge is -2.23. The summed E-state index contributed by atoms with van der Waals surface area (Å²) in [7, 11) is 0. The Labute approximate surface area is 126 Å². The minimum Gasteiger partial charge on any atom is -0.325 e. The number of amides is 1. The molecule has 2 rings (SSSR count). The second-order valence-electron chi connectivity index (χ2n) is 5.89. The van der Waals surface area contributed by atoms with E-state index in [0.29, 0.717) is 12.3 Å². The van der Waals surface area contributed by atoms with Gasteiger partial charge in [-0.25, -0.2) is 0 Å². The molecule has 1 atom stereocenters. The van der Waals surface area contributed by atoms with Crippen LogP contribution in [0.5, 0.6) is 0 Å². The Morgan fingerprint density at radius 1 is 1.40 bits per heavy atom. The average molecular weight is 295 g/mol. The first kappa shape index (κ1) is 15.3. The van der Waals surface area contributed by atoms with Crippen LogP contribution in [0.1, 0.15) is 50.8 Å². The van der Waals surface area contributed by atoms with Crippen LogP contribution >= 0.6 is 11.6 Å². The molecule has 20 heavy (non-hydrogen) atoms. The highest BCUT2D eigenvalue weighted by Gasteiger charge is 2.23. The molecule has 0 saturated heterocycles. The number of rotatable bonds is 6. The van der Waals surface area contributed by atoms with E-state index in [-0.39, 0.29) is 11.9 Å². The molecule has 1 amide bonds. The third kappa shape index (κ3) is 3.53. The van der Waals surface area contributed by atoms with Crippen LogP contribution in [0.25, 0.3) is 0 Å². The molecule has 0 radical (unpaired) electrons. The molecule has 1 aliphatic heterocycles. The van der Waals surface area contributed by atoms with Gasteiger partial charge >= 0.3 is 0 Å². The summed E-state index contributed by atoms with van der Waals surface area (Å²) in [5.74, 6) is 0.642. The van der Waals surface area contributed by atoms with Gasteiger partial charge in [0.1, 0.15) is 0 Å². The molecule has 0 fully saturated rings. The van der Waals surface area contributed by atoms with Gasteiger partial charge in [0.15, 0.2) is 0 Å². The van der Waals surface area contributed by atoms with Crippen molar-refractivity contribution in [1.29, 1.82) is 0 Å². The molecular weight excluding hydrogens is 272 g/mol. The molecular formula is C16H23ClN2O. The molecule has 0 aliphatic carbocycles. The summed E-state index contributed by atoms with van der Waals surface area (Å²) in [6.07, 6.45) is 2.60. The first-order valence-electron chi connectivity index (χ1n) is 7.36. The second kappa shape index (κ2) is 6.59. The first-order chi connectivity index (χ1) is 9.51. The summed E-state index contributed by atoms with van der Waals surface area (Å²) in [5, 5.41) is 7.15. The molecule has 4 heteroatoms. The molecule has 0 spiro atoms. The molecule has 1 aromatic carbocycles. The van der Waals surface area contributed by atoms with Crippen LogP contribution in [-0.2, 0) is 11.2 Å². The quantitative estimate of drug-likeness (QED) is 0.835. The van der Waals surface area contributed by atoms with Crippen LogP contribution in [-0.4, -0.2) is 12.5 Å². The van der Waals surface area contributed by atoms with E-state index in [2.05, 4.69) is 37.5 Å². The number of hydrogen-bond acceptors (Lipinski definition) is 2. The highest BCUT2D eigenvalue weighted by molar-refractivity contribution is 6.32. The van der Waals surface area contributed by atoms with Crippen molar-refractivity contribution in [2.24, 2.45) is 5.92 Å². The molecule has 0 bridgehead atoms. The van der Waals surface area contributed by atoms with Gasteiger partial charge in [-0.1, -0.05) is 38.4 Å². The number of benzene rings is 1. The maximum absolute atomic E-state index is 11.5. The van der Waals surface area contributed by atoms with Crippen molar-refractivity contribution in [2.45, 2.75) is 46.1 Å². The summed E-state index contributed by atoms with van der Waals surface area (Å²) in [4.78, 5) is 11.5. The lowest BCUT2D eigenvalue weighted by molar-refractivity contribution is -0.115. The molecule has 1 aliphatic rings. The van der Waals surface area contributed by atoms with Crippen LogP contribution in [0.4, 0.5) is 5.69 Å². The lowest BCUT2D eigenvalue weighted by Crippen LogP contribution is -2.24. The van der Waals surface area contributed by atoms with E-state index in [0.717, 1.165) is 41.2 Å². The van der Waals surface area contributed by atoms with Crippen molar-refractivity contribution in [3.63, 3.8) is 0 Å². The summed E-state index contributed by atoms with van der Waals surface area (Å²) in [5.41, 5.74) is 3.04. The SMILES string of the molecule is CCCNC(CC(C)C)c1cc2c(cc1Cl)NC(=O)C2. The van der Waals surface area contributed by atoms with Gasteiger partial charge in [0.25, 0.3) is 0 Å². The Bertz CT molecular complexity index is 499. The predicted octanol–water partition coefficient (Wildman–Crippen LogP) is 3.92. The van der Waals surface area contributed by atoms with E-state index in [1.807, 2.05) is 6.07 Å². The maximum Gasteiger partial charge on any atom is 0.228 e. The predicted molar refractivity (Wildman–Crippen MR) is 84.3 cm³/mol. The summed E-state index contributed by atoms with van der Waals surface area (Å²) >= 11 is 6.42. The van der Waals surface area contributed by atoms with Crippen molar-refractivity contribution in [3.05, 3.63) is 28.3 Å². The standard InChI is InChI=1S/C16H23ClN2O/c1-4-5-18-15(6-10(2)3)12-7-11-8-16(20)19-14(11)9-13(12)17/h7,9-10,15,18H,4-6,8H2,1-3H3,(H,19,20). The van der Waals surface area contributed by atoms with Gasteiger partial charge in [0.05, 0.1) is 6.42 Å². The van der Waals surface area contributed by atoms with Crippen molar-refractivity contribution >= 4 is 23.2 Å². The molecule has 1 unspecified atom stereocenters. The van der Waals surface area contributed by atoms with E-state index in [1.54, 1.807) is 0 Å². The molecule has 110 valence electrons. The molecule has 1 heterocycles. The second-order valence-corrected chi connectivity index (χ2v) is 6.30. The van der Waals surface area contributed by atoms with E-state index in [9.17, 15) is 4.79 Å². The van der Waals surface area contributed by atoms with Crippen molar-refractivity contribution < 1.29 is 4.79 Å². The first-order valence-corrected chi connectivity index (χ1v) is 7.74. The summed E-state index contributed by atoms with van der Waals surface area (Å²) in [6.45, 7) is 7.56. The summed E-state index contributed by atoms with van der Waals surface area (Å²) in [6, 6.07) is 4.23. The normalized spacial score (nSPS) is 15.3. The van der Waals surface area contributed by atoms with Gasteiger partial charge < -0.3 is 10.6 Å².